The van der Waals surface area contributed by atoms with Crippen LogP contribution in [0, 0.1) is 11.3 Å². The number of rotatable bonds is 6. The Bertz CT molecular complexity index is 166. The fourth-order valence-electron chi connectivity index (χ4n) is 0.923. The molecule has 0 fully saturated rings. The molecule has 70 valence electrons. The molecular weight excluding hydrogens is 154 g/mol. The van der Waals surface area contributed by atoms with Crippen molar-refractivity contribution in [1.29, 1.82) is 5.41 Å². The van der Waals surface area contributed by atoms with Gasteiger partial charge in [0.25, 0.3) is 0 Å². The first-order chi connectivity index (χ1) is 5.57. The molecule has 0 spiro atoms. The Hall–Kier alpha value is -0.860. The van der Waals surface area contributed by atoms with E-state index in [9.17, 15) is 4.79 Å². The molecule has 3 nitrogen and oxygen atoms in total. The second-order valence-corrected chi connectivity index (χ2v) is 3.08. The number of carboxylic acid groups (broad SMARTS) is 1. The average molecular weight is 171 g/mol. The lowest BCUT2D eigenvalue weighted by Crippen LogP contribution is -2.09. The largest absolute Gasteiger partial charge is 0.481 e. The standard InChI is InChI=1S/C9H17NO2/c1-3-7(2)8(10)5-4-6-9(11)12/h7,10H,3-6H2,1-2H3,(H,11,12). The van der Waals surface area contributed by atoms with E-state index in [0.717, 1.165) is 6.42 Å². The van der Waals surface area contributed by atoms with Gasteiger partial charge in [-0.05, 0) is 25.2 Å². The van der Waals surface area contributed by atoms with E-state index in [1.807, 2.05) is 13.8 Å². The predicted octanol–water partition coefficient (Wildman–Crippen LogP) is 2.31. The van der Waals surface area contributed by atoms with Crippen molar-refractivity contribution in [3.8, 4) is 0 Å². The van der Waals surface area contributed by atoms with Crippen LogP contribution in [0.1, 0.15) is 39.5 Å². The van der Waals surface area contributed by atoms with Crippen molar-refractivity contribution in [2.24, 2.45) is 5.92 Å². The van der Waals surface area contributed by atoms with Crippen LogP contribution in [0.5, 0.6) is 0 Å². The highest BCUT2D eigenvalue weighted by atomic mass is 16.4. The Kier molecular flexibility index (Phi) is 5.34. The zero-order valence-corrected chi connectivity index (χ0v) is 7.76. The summed E-state index contributed by atoms with van der Waals surface area (Å²) < 4.78 is 0. The molecular formula is C9H17NO2. The van der Waals surface area contributed by atoms with E-state index in [1.165, 1.54) is 0 Å². The minimum Gasteiger partial charge on any atom is -0.481 e. The van der Waals surface area contributed by atoms with Crippen molar-refractivity contribution in [2.75, 3.05) is 0 Å². The van der Waals surface area contributed by atoms with Gasteiger partial charge >= 0.3 is 5.97 Å². The van der Waals surface area contributed by atoms with Crippen LogP contribution >= 0.6 is 0 Å². The molecule has 0 aromatic rings. The first-order valence-corrected chi connectivity index (χ1v) is 4.37. The Balaban J connectivity index is 3.50. The number of carbonyl (C=O) groups is 1. The second kappa shape index (κ2) is 5.75. The second-order valence-electron chi connectivity index (χ2n) is 3.08. The van der Waals surface area contributed by atoms with Gasteiger partial charge in [0.05, 0.1) is 0 Å². The van der Waals surface area contributed by atoms with Crippen molar-refractivity contribution in [2.45, 2.75) is 39.5 Å². The molecule has 0 heterocycles. The molecule has 12 heavy (non-hydrogen) atoms. The number of hydrogen-bond donors (Lipinski definition) is 2. The molecule has 0 radical (unpaired) electrons. The maximum Gasteiger partial charge on any atom is 0.303 e. The first kappa shape index (κ1) is 11.1. The molecule has 0 saturated heterocycles. The summed E-state index contributed by atoms with van der Waals surface area (Å²) in [5.74, 6) is -0.467. The van der Waals surface area contributed by atoms with E-state index in [0.29, 0.717) is 24.5 Å². The van der Waals surface area contributed by atoms with Gasteiger partial charge in [-0.2, -0.15) is 0 Å². The highest BCUT2D eigenvalue weighted by Gasteiger charge is 2.06. The van der Waals surface area contributed by atoms with Crippen LogP contribution in [0.25, 0.3) is 0 Å². The van der Waals surface area contributed by atoms with Crippen LogP contribution in [0.2, 0.25) is 0 Å². The van der Waals surface area contributed by atoms with Crippen molar-refractivity contribution in [1.82, 2.24) is 0 Å². The average Bonchev–Trinajstić information content (AvgIpc) is 2.02. The Morgan fingerprint density at radius 2 is 2.08 bits per heavy atom. The van der Waals surface area contributed by atoms with E-state index < -0.39 is 5.97 Å². The van der Waals surface area contributed by atoms with Crippen LogP contribution in [-0.2, 0) is 4.79 Å². The molecule has 2 N–H and O–H groups in total. The van der Waals surface area contributed by atoms with Crippen molar-refractivity contribution in [3.63, 3.8) is 0 Å². The smallest absolute Gasteiger partial charge is 0.303 e. The van der Waals surface area contributed by atoms with Gasteiger partial charge in [-0.1, -0.05) is 13.8 Å². The summed E-state index contributed by atoms with van der Waals surface area (Å²) in [6.45, 7) is 4.04. The molecule has 3 heteroatoms. The molecule has 1 atom stereocenters. The summed E-state index contributed by atoms with van der Waals surface area (Å²) in [7, 11) is 0. The van der Waals surface area contributed by atoms with Crippen LogP contribution in [0.3, 0.4) is 0 Å². The maximum atomic E-state index is 10.1. The van der Waals surface area contributed by atoms with Gasteiger partial charge in [0, 0.05) is 12.1 Å². The summed E-state index contributed by atoms with van der Waals surface area (Å²) >= 11 is 0. The molecule has 0 bridgehead atoms. The maximum absolute atomic E-state index is 10.1. The van der Waals surface area contributed by atoms with Crippen molar-refractivity contribution < 1.29 is 9.90 Å². The lowest BCUT2D eigenvalue weighted by molar-refractivity contribution is -0.137. The molecule has 0 rings (SSSR count). The summed E-state index contributed by atoms with van der Waals surface area (Å²) in [6, 6.07) is 0. The molecule has 0 aromatic carbocycles. The van der Waals surface area contributed by atoms with Crippen molar-refractivity contribution in [3.05, 3.63) is 0 Å². The first-order valence-electron chi connectivity index (χ1n) is 4.37. The van der Waals surface area contributed by atoms with Gasteiger partial charge in [0.15, 0.2) is 0 Å². The zero-order valence-electron chi connectivity index (χ0n) is 7.76. The highest BCUT2D eigenvalue weighted by Crippen LogP contribution is 2.08. The summed E-state index contributed by atoms with van der Waals surface area (Å²) in [6.07, 6.45) is 2.37. The minimum absolute atomic E-state index is 0.179. The van der Waals surface area contributed by atoms with Gasteiger partial charge in [-0.3, -0.25) is 4.79 Å². The Labute approximate surface area is 73.3 Å². The third-order valence-corrected chi connectivity index (χ3v) is 2.04. The third-order valence-electron chi connectivity index (χ3n) is 2.04. The molecule has 1 unspecified atom stereocenters. The SMILES string of the molecule is CCC(C)C(=N)CCCC(=O)O. The Morgan fingerprint density at radius 3 is 2.50 bits per heavy atom. The molecule has 0 aliphatic carbocycles. The number of nitrogens with one attached hydrogen (secondary N) is 1. The molecule has 0 aromatic heterocycles. The fourth-order valence-corrected chi connectivity index (χ4v) is 0.923. The quantitative estimate of drug-likeness (QED) is 0.602. The molecule has 0 saturated carbocycles. The minimum atomic E-state index is -0.771. The van der Waals surface area contributed by atoms with E-state index in [1.54, 1.807) is 0 Å². The van der Waals surface area contributed by atoms with E-state index in [4.69, 9.17) is 10.5 Å². The summed E-state index contributed by atoms with van der Waals surface area (Å²) in [5, 5.41) is 15.9. The molecule has 0 aliphatic rings. The van der Waals surface area contributed by atoms with Crippen LogP contribution in [0.15, 0.2) is 0 Å². The van der Waals surface area contributed by atoms with Gasteiger partial charge in [-0.15, -0.1) is 0 Å². The predicted molar refractivity (Wildman–Crippen MR) is 48.7 cm³/mol. The van der Waals surface area contributed by atoms with Crippen LogP contribution in [-0.4, -0.2) is 16.8 Å². The van der Waals surface area contributed by atoms with Gasteiger partial charge in [-0.25, -0.2) is 0 Å². The topological polar surface area (TPSA) is 61.2 Å². The summed E-state index contributed by atoms with van der Waals surface area (Å²) in [5.41, 5.74) is 0.679. The molecule has 0 amide bonds. The van der Waals surface area contributed by atoms with Gasteiger partial charge < -0.3 is 10.5 Å². The van der Waals surface area contributed by atoms with Crippen LogP contribution in [0.4, 0.5) is 0 Å². The number of carboxylic acids is 1. The highest BCUT2D eigenvalue weighted by molar-refractivity contribution is 5.83. The zero-order chi connectivity index (χ0) is 9.56. The van der Waals surface area contributed by atoms with E-state index in [2.05, 4.69) is 0 Å². The summed E-state index contributed by atoms with van der Waals surface area (Å²) in [4.78, 5) is 10.1. The van der Waals surface area contributed by atoms with Crippen molar-refractivity contribution >= 4 is 11.7 Å². The van der Waals surface area contributed by atoms with Crippen LogP contribution < -0.4 is 0 Å². The number of aliphatic carboxylic acids is 1. The monoisotopic (exact) mass is 171 g/mol. The Morgan fingerprint density at radius 1 is 1.50 bits per heavy atom. The fraction of sp³-hybridized carbons (Fsp3) is 0.778. The van der Waals surface area contributed by atoms with E-state index in [-0.39, 0.29) is 6.42 Å². The lowest BCUT2D eigenvalue weighted by atomic mass is 9.98. The van der Waals surface area contributed by atoms with Gasteiger partial charge in [0.2, 0.25) is 0 Å². The third kappa shape index (κ3) is 4.88. The van der Waals surface area contributed by atoms with E-state index >= 15 is 0 Å². The normalized spacial score (nSPS) is 12.5. The molecule has 0 aliphatic heterocycles. The number of hydrogen-bond acceptors (Lipinski definition) is 2. The lowest BCUT2D eigenvalue weighted by Gasteiger charge is -2.08. The van der Waals surface area contributed by atoms with Gasteiger partial charge in [0.1, 0.15) is 0 Å².